The van der Waals surface area contributed by atoms with Gasteiger partial charge in [0.2, 0.25) is 11.8 Å². The van der Waals surface area contributed by atoms with Gasteiger partial charge in [0.25, 0.3) is 0 Å². The fourth-order valence-corrected chi connectivity index (χ4v) is 2.15. The van der Waals surface area contributed by atoms with Crippen molar-refractivity contribution in [3.63, 3.8) is 0 Å². The third kappa shape index (κ3) is 6.21. The van der Waals surface area contributed by atoms with Crippen LogP contribution >= 0.6 is 12.4 Å². The fraction of sp³-hybridized carbons (Fsp3) is 0.833. The van der Waals surface area contributed by atoms with Gasteiger partial charge in [-0.3, -0.25) is 9.59 Å². The molecule has 18 heavy (non-hydrogen) atoms. The summed E-state index contributed by atoms with van der Waals surface area (Å²) >= 11 is 0. The Morgan fingerprint density at radius 3 is 2.56 bits per heavy atom. The van der Waals surface area contributed by atoms with Crippen molar-refractivity contribution in [2.45, 2.75) is 51.6 Å². The highest BCUT2D eigenvalue weighted by Gasteiger charge is 2.25. The lowest BCUT2D eigenvalue weighted by atomic mass is 9.85. The van der Waals surface area contributed by atoms with Gasteiger partial charge in [-0.25, -0.2) is 0 Å². The summed E-state index contributed by atoms with van der Waals surface area (Å²) in [4.78, 5) is 23.1. The van der Waals surface area contributed by atoms with Gasteiger partial charge in [-0.15, -0.1) is 12.4 Å². The van der Waals surface area contributed by atoms with E-state index in [-0.39, 0.29) is 48.8 Å². The van der Waals surface area contributed by atoms with E-state index in [1.807, 2.05) is 13.8 Å². The lowest BCUT2D eigenvalue weighted by molar-refractivity contribution is -0.129. The first-order valence-electron chi connectivity index (χ1n) is 6.31. The van der Waals surface area contributed by atoms with Crippen LogP contribution in [0.1, 0.15) is 39.5 Å². The van der Waals surface area contributed by atoms with Crippen LogP contribution in [0, 0.1) is 5.92 Å². The number of carbonyl (C=O) groups is 2. The number of nitrogens with two attached hydrogens (primary N) is 1. The Hall–Kier alpha value is -0.810. The molecular weight excluding hydrogens is 254 g/mol. The summed E-state index contributed by atoms with van der Waals surface area (Å²) in [6.07, 6.45) is 3.61. The van der Waals surface area contributed by atoms with Crippen LogP contribution in [0.3, 0.4) is 0 Å². The lowest BCUT2D eigenvalue weighted by Gasteiger charge is -2.25. The van der Waals surface area contributed by atoms with E-state index in [0.717, 1.165) is 25.7 Å². The van der Waals surface area contributed by atoms with Crippen molar-refractivity contribution in [3.05, 3.63) is 0 Å². The third-order valence-corrected chi connectivity index (χ3v) is 2.96. The first kappa shape index (κ1) is 17.2. The molecule has 0 aromatic carbocycles. The third-order valence-electron chi connectivity index (χ3n) is 2.96. The Labute approximate surface area is 115 Å². The predicted octanol–water partition coefficient (Wildman–Crippen LogP) is 0.567. The summed E-state index contributed by atoms with van der Waals surface area (Å²) < 4.78 is 0. The second kappa shape index (κ2) is 8.32. The second-order valence-electron chi connectivity index (χ2n) is 5.06. The van der Waals surface area contributed by atoms with E-state index in [4.69, 9.17) is 5.73 Å². The topological polar surface area (TPSA) is 84.2 Å². The molecule has 5 nitrogen and oxygen atoms in total. The highest BCUT2D eigenvalue weighted by Crippen LogP contribution is 2.22. The normalized spacial score (nSPS) is 23.1. The molecule has 1 aliphatic carbocycles. The second-order valence-corrected chi connectivity index (χ2v) is 5.06. The molecule has 0 saturated heterocycles. The van der Waals surface area contributed by atoms with E-state index >= 15 is 0 Å². The molecule has 0 heterocycles. The summed E-state index contributed by atoms with van der Waals surface area (Å²) in [6.45, 7) is 3.84. The smallest absolute Gasteiger partial charge is 0.239 e. The molecule has 6 heteroatoms. The van der Waals surface area contributed by atoms with Gasteiger partial charge >= 0.3 is 0 Å². The molecule has 2 atom stereocenters. The molecule has 1 saturated carbocycles. The minimum absolute atomic E-state index is 0. The first-order chi connectivity index (χ1) is 7.99. The van der Waals surface area contributed by atoms with Crippen molar-refractivity contribution in [3.8, 4) is 0 Å². The van der Waals surface area contributed by atoms with Gasteiger partial charge in [0, 0.05) is 18.0 Å². The highest BCUT2D eigenvalue weighted by atomic mass is 35.5. The van der Waals surface area contributed by atoms with Crippen LogP contribution in [-0.2, 0) is 9.59 Å². The van der Waals surface area contributed by atoms with Gasteiger partial charge < -0.3 is 16.4 Å². The van der Waals surface area contributed by atoms with E-state index in [9.17, 15) is 9.59 Å². The summed E-state index contributed by atoms with van der Waals surface area (Å²) in [5.41, 5.74) is 5.83. The van der Waals surface area contributed by atoms with Gasteiger partial charge in [0.05, 0.1) is 6.54 Å². The van der Waals surface area contributed by atoms with Crippen LogP contribution in [0.4, 0.5) is 0 Å². The van der Waals surface area contributed by atoms with Crippen molar-refractivity contribution in [2.75, 3.05) is 6.54 Å². The Morgan fingerprint density at radius 1 is 1.33 bits per heavy atom. The molecule has 4 N–H and O–H groups in total. The highest BCUT2D eigenvalue weighted by molar-refractivity contribution is 5.86. The molecular formula is C12H24ClN3O2. The van der Waals surface area contributed by atoms with Crippen LogP contribution in [0.25, 0.3) is 0 Å². The van der Waals surface area contributed by atoms with E-state index in [1.165, 1.54) is 0 Å². The van der Waals surface area contributed by atoms with Crippen LogP contribution in [0.2, 0.25) is 0 Å². The van der Waals surface area contributed by atoms with E-state index in [1.54, 1.807) is 0 Å². The van der Waals surface area contributed by atoms with Crippen LogP contribution in [0.5, 0.6) is 0 Å². The Kier molecular flexibility index (Phi) is 7.95. The molecule has 0 spiro atoms. The SMILES string of the molecule is CC(C)NC(=O)CNC(=O)C1CCCC(N)C1.Cl. The lowest BCUT2D eigenvalue weighted by Crippen LogP contribution is -2.43. The molecule has 0 aliphatic heterocycles. The zero-order valence-corrected chi connectivity index (χ0v) is 11.9. The van der Waals surface area contributed by atoms with E-state index < -0.39 is 0 Å². The van der Waals surface area contributed by atoms with Crippen molar-refractivity contribution < 1.29 is 9.59 Å². The molecule has 1 fully saturated rings. The van der Waals surface area contributed by atoms with E-state index in [0.29, 0.717) is 0 Å². The summed E-state index contributed by atoms with van der Waals surface area (Å²) in [5.74, 6) is -0.210. The maximum Gasteiger partial charge on any atom is 0.239 e. The molecule has 2 unspecified atom stereocenters. The van der Waals surface area contributed by atoms with Crippen molar-refractivity contribution in [1.29, 1.82) is 0 Å². The van der Waals surface area contributed by atoms with Crippen molar-refractivity contribution in [1.82, 2.24) is 10.6 Å². The maximum atomic E-state index is 11.8. The molecule has 1 aliphatic rings. The van der Waals surface area contributed by atoms with Gasteiger partial charge in [0.15, 0.2) is 0 Å². The zero-order valence-electron chi connectivity index (χ0n) is 11.1. The summed E-state index contributed by atoms with van der Waals surface area (Å²) in [7, 11) is 0. The Balaban J connectivity index is 0.00000289. The quantitative estimate of drug-likeness (QED) is 0.702. The number of hydrogen-bond acceptors (Lipinski definition) is 3. The van der Waals surface area contributed by atoms with Gasteiger partial charge in [-0.1, -0.05) is 6.42 Å². The monoisotopic (exact) mass is 277 g/mol. The molecule has 1 rings (SSSR count). The largest absolute Gasteiger partial charge is 0.352 e. The minimum atomic E-state index is -0.145. The number of halogens is 1. The Bertz CT molecular complexity index is 284. The van der Waals surface area contributed by atoms with Gasteiger partial charge in [0.1, 0.15) is 0 Å². The van der Waals surface area contributed by atoms with Crippen LogP contribution in [0.15, 0.2) is 0 Å². The molecule has 0 aromatic rings. The fourth-order valence-electron chi connectivity index (χ4n) is 2.15. The number of nitrogens with one attached hydrogen (secondary N) is 2. The number of carbonyl (C=O) groups excluding carboxylic acids is 2. The van der Waals surface area contributed by atoms with Crippen LogP contribution in [-0.4, -0.2) is 30.4 Å². The standard InChI is InChI=1S/C12H23N3O2.ClH/c1-8(2)15-11(16)7-14-12(17)9-4-3-5-10(13)6-9;/h8-10H,3-7,13H2,1-2H3,(H,14,17)(H,15,16);1H. The number of hydrogen-bond donors (Lipinski definition) is 3. The molecule has 0 radical (unpaired) electrons. The molecule has 0 bridgehead atoms. The molecule has 106 valence electrons. The van der Waals surface area contributed by atoms with Crippen molar-refractivity contribution >= 4 is 24.2 Å². The summed E-state index contributed by atoms with van der Waals surface area (Å²) in [6, 6.07) is 0.228. The molecule has 0 aromatic heterocycles. The number of amides is 2. The average Bonchev–Trinajstić information content (AvgIpc) is 2.25. The first-order valence-corrected chi connectivity index (χ1v) is 6.31. The van der Waals surface area contributed by atoms with Gasteiger partial charge in [-0.05, 0) is 33.1 Å². The zero-order chi connectivity index (χ0) is 12.8. The Morgan fingerprint density at radius 2 is 2.00 bits per heavy atom. The van der Waals surface area contributed by atoms with Crippen LogP contribution < -0.4 is 16.4 Å². The predicted molar refractivity (Wildman–Crippen MR) is 73.5 cm³/mol. The van der Waals surface area contributed by atoms with Gasteiger partial charge in [-0.2, -0.15) is 0 Å². The van der Waals surface area contributed by atoms with E-state index in [2.05, 4.69) is 10.6 Å². The molecule has 2 amide bonds. The average molecular weight is 278 g/mol. The maximum absolute atomic E-state index is 11.8. The number of rotatable bonds is 4. The summed E-state index contributed by atoms with van der Waals surface area (Å²) in [5, 5.41) is 5.40. The minimum Gasteiger partial charge on any atom is -0.352 e. The van der Waals surface area contributed by atoms with Crippen molar-refractivity contribution in [2.24, 2.45) is 11.7 Å².